The smallest absolute Gasteiger partial charge is 0.242 e. The maximum absolute atomic E-state index is 6.04. The number of nitrogen functional groups attached to an aromatic ring is 1. The number of aromatic nitrogens is 2. The Hall–Kier alpha value is -1.56. The van der Waals surface area contributed by atoms with Crippen molar-refractivity contribution >= 4 is 11.5 Å². The molecule has 0 radical (unpaired) electrons. The highest BCUT2D eigenvalue weighted by Crippen LogP contribution is 2.26. The Balaban J connectivity index is 2.67. The maximum Gasteiger partial charge on any atom is 0.242 e. The lowest BCUT2D eigenvalue weighted by Gasteiger charge is -2.13. The lowest BCUT2D eigenvalue weighted by atomic mass is 10.3. The molecule has 0 aliphatic rings. The van der Waals surface area contributed by atoms with Crippen LogP contribution in [0.25, 0.3) is 0 Å². The summed E-state index contributed by atoms with van der Waals surface area (Å²) in [6.07, 6.45) is 2.57. The zero-order valence-corrected chi connectivity index (χ0v) is 12.7. The number of rotatable bonds is 10. The second kappa shape index (κ2) is 9.36. The lowest BCUT2D eigenvalue weighted by Crippen LogP contribution is -2.13. The summed E-state index contributed by atoms with van der Waals surface area (Å²) >= 11 is 0. The molecule has 1 rings (SSSR count). The zero-order chi connectivity index (χ0) is 14.8. The Bertz CT molecular complexity index is 399. The van der Waals surface area contributed by atoms with Gasteiger partial charge in [0, 0.05) is 26.2 Å². The van der Waals surface area contributed by atoms with Crippen LogP contribution in [0.1, 0.15) is 39.4 Å². The van der Waals surface area contributed by atoms with Gasteiger partial charge in [-0.3, -0.25) is 0 Å². The van der Waals surface area contributed by atoms with Crippen molar-refractivity contribution in [2.45, 2.75) is 40.0 Å². The fraction of sp³-hybridized carbons (Fsp3) is 0.714. The molecule has 0 aromatic carbocycles. The van der Waals surface area contributed by atoms with Crippen molar-refractivity contribution in [1.82, 2.24) is 9.97 Å². The van der Waals surface area contributed by atoms with Gasteiger partial charge in [-0.15, -0.1) is 0 Å². The van der Waals surface area contributed by atoms with E-state index in [1.807, 2.05) is 20.8 Å². The summed E-state index contributed by atoms with van der Waals surface area (Å²) in [5.74, 6) is 1.86. The molecule has 6 heteroatoms. The molecule has 0 saturated carbocycles. The van der Waals surface area contributed by atoms with Gasteiger partial charge >= 0.3 is 0 Å². The molecule has 20 heavy (non-hydrogen) atoms. The highest BCUT2D eigenvalue weighted by Gasteiger charge is 2.11. The topological polar surface area (TPSA) is 82.3 Å². The van der Waals surface area contributed by atoms with Crippen LogP contribution in [0.2, 0.25) is 0 Å². The molecular weight excluding hydrogens is 256 g/mol. The lowest BCUT2D eigenvalue weighted by molar-refractivity contribution is 0.147. The molecule has 3 N–H and O–H groups in total. The number of nitrogens with two attached hydrogens (primary N) is 1. The fourth-order valence-electron chi connectivity index (χ4n) is 1.62. The molecule has 0 atom stereocenters. The molecule has 0 aliphatic carbocycles. The second-order valence-corrected chi connectivity index (χ2v) is 4.39. The first kappa shape index (κ1) is 16.5. The van der Waals surface area contributed by atoms with Crippen LogP contribution in [0, 0.1) is 0 Å². The number of ether oxygens (including phenoxy) is 2. The van der Waals surface area contributed by atoms with E-state index >= 15 is 0 Å². The molecule has 1 heterocycles. The van der Waals surface area contributed by atoms with Crippen LogP contribution in [0.5, 0.6) is 5.88 Å². The van der Waals surface area contributed by atoms with E-state index in [0.29, 0.717) is 24.0 Å². The van der Waals surface area contributed by atoms with E-state index in [0.717, 1.165) is 44.8 Å². The predicted molar refractivity (Wildman–Crippen MR) is 81.2 cm³/mol. The highest BCUT2D eigenvalue weighted by atomic mass is 16.5. The monoisotopic (exact) mass is 282 g/mol. The predicted octanol–water partition coefficient (Wildman–Crippen LogP) is 2.25. The van der Waals surface area contributed by atoms with Crippen LogP contribution < -0.4 is 15.8 Å². The first-order valence-electron chi connectivity index (χ1n) is 7.33. The normalized spacial score (nSPS) is 10.6. The van der Waals surface area contributed by atoms with Crippen LogP contribution >= 0.6 is 0 Å². The number of anilines is 2. The van der Waals surface area contributed by atoms with Gasteiger partial charge in [-0.05, 0) is 19.8 Å². The number of hydrogen-bond donors (Lipinski definition) is 2. The summed E-state index contributed by atoms with van der Waals surface area (Å²) in [7, 11) is 0. The minimum absolute atomic E-state index is 0.478. The van der Waals surface area contributed by atoms with Gasteiger partial charge in [0.1, 0.15) is 11.5 Å². The zero-order valence-electron chi connectivity index (χ0n) is 12.7. The van der Waals surface area contributed by atoms with Gasteiger partial charge < -0.3 is 20.5 Å². The average molecular weight is 282 g/mol. The summed E-state index contributed by atoms with van der Waals surface area (Å²) < 4.78 is 10.9. The number of hydrogen-bond acceptors (Lipinski definition) is 6. The van der Waals surface area contributed by atoms with Crippen molar-refractivity contribution in [3.05, 3.63) is 5.82 Å². The molecule has 0 bridgehead atoms. The van der Waals surface area contributed by atoms with Crippen LogP contribution in [0.15, 0.2) is 0 Å². The summed E-state index contributed by atoms with van der Waals surface area (Å²) in [5.41, 5.74) is 6.52. The van der Waals surface area contributed by atoms with Crippen LogP contribution in [-0.2, 0) is 11.2 Å². The molecule has 0 spiro atoms. The molecule has 1 aromatic heterocycles. The highest BCUT2D eigenvalue weighted by molar-refractivity contribution is 5.66. The van der Waals surface area contributed by atoms with Crippen molar-refractivity contribution in [1.29, 1.82) is 0 Å². The first-order valence-corrected chi connectivity index (χ1v) is 7.33. The summed E-state index contributed by atoms with van der Waals surface area (Å²) in [6.45, 7) is 8.88. The molecule has 1 aromatic rings. The van der Waals surface area contributed by atoms with E-state index in [4.69, 9.17) is 15.2 Å². The Morgan fingerprint density at radius 2 is 1.95 bits per heavy atom. The van der Waals surface area contributed by atoms with Crippen molar-refractivity contribution in [3.8, 4) is 5.88 Å². The van der Waals surface area contributed by atoms with Crippen molar-refractivity contribution in [3.63, 3.8) is 0 Å². The summed E-state index contributed by atoms with van der Waals surface area (Å²) in [6, 6.07) is 0. The standard InChI is InChI=1S/C14H26N4O2/c1-4-9-20-14-12(15)13(17-11(5-2)18-14)16-8-7-10-19-6-3/h4-10,15H2,1-3H3,(H,16,17,18). The molecule has 0 fully saturated rings. The summed E-state index contributed by atoms with van der Waals surface area (Å²) in [5, 5.41) is 3.23. The van der Waals surface area contributed by atoms with Crippen molar-refractivity contribution in [2.75, 3.05) is 37.4 Å². The molecule has 114 valence electrons. The largest absolute Gasteiger partial charge is 0.476 e. The van der Waals surface area contributed by atoms with Crippen molar-refractivity contribution in [2.24, 2.45) is 0 Å². The van der Waals surface area contributed by atoms with E-state index in [2.05, 4.69) is 15.3 Å². The number of nitrogens with zero attached hydrogens (tertiary/aromatic N) is 2. The Kier molecular flexibility index (Phi) is 7.72. The Morgan fingerprint density at radius 1 is 1.15 bits per heavy atom. The van der Waals surface area contributed by atoms with Crippen molar-refractivity contribution < 1.29 is 9.47 Å². The molecule has 6 nitrogen and oxygen atoms in total. The van der Waals surface area contributed by atoms with Gasteiger partial charge in [-0.1, -0.05) is 13.8 Å². The number of nitrogens with one attached hydrogen (secondary N) is 1. The van der Waals surface area contributed by atoms with Gasteiger partial charge in [0.15, 0.2) is 5.82 Å². The third-order valence-electron chi connectivity index (χ3n) is 2.68. The molecule has 0 aliphatic heterocycles. The van der Waals surface area contributed by atoms with E-state index in [9.17, 15) is 0 Å². The quantitative estimate of drug-likeness (QED) is 0.640. The molecule has 0 unspecified atom stereocenters. The molecule has 0 amide bonds. The Labute approximate surface area is 121 Å². The van der Waals surface area contributed by atoms with E-state index in [-0.39, 0.29) is 0 Å². The maximum atomic E-state index is 6.04. The van der Waals surface area contributed by atoms with Gasteiger partial charge in [-0.25, -0.2) is 4.98 Å². The fourth-order valence-corrected chi connectivity index (χ4v) is 1.62. The van der Waals surface area contributed by atoms with Crippen LogP contribution in [-0.4, -0.2) is 36.3 Å². The van der Waals surface area contributed by atoms with Crippen LogP contribution in [0.3, 0.4) is 0 Å². The van der Waals surface area contributed by atoms with E-state index < -0.39 is 0 Å². The van der Waals surface area contributed by atoms with E-state index in [1.165, 1.54) is 0 Å². The number of aryl methyl sites for hydroxylation is 1. The Morgan fingerprint density at radius 3 is 2.60 bits per heavy atom. The third kappa shape index (κ3) is 5.21. The minimum atomic E-state index is 0.478. The van der Waals surface area contributed by atoms with Gasteiger partial charge in [0.25, 0.3) is 0 Å². The minimum Gasteiger partial charge on any atom is -0.476 e. The third-order valence-corrected chi connectivity index (χ3v) is 2.68. The molecular formula is C14H26N4O2. The SMILES string of the molecule is CCCOc1nc(CC)nc(NCCCOCC)c1N. The second-order valence-electron chi connectivity index (χ2n) is 4.39. The summed E-state index contributed by atoms with van der Waals surface area (Å²) in [4.78, 5) is 8.73. The van der Waals surface area contributed by atoms with Gasteiger partial charge in [0.2, 0.25) is 5.88 Å². The first-order chi connectivity index (χ1) is 9.72. The molecule has 0 saturated heterocycles. The van der Waals surface area contributed by atoms with Gasteiger partial charge in [-0.2, -0.15) is 4.98 Å². The van der Waals surface area contributed by atoms with Gasteiger partial charge in [0.05, 0.1) is 6.61 Å². The van der Waals surface area contributed by atoms with E-state index in [1.54, 1.807) is 0 Å². The average Bonchev–Trinajstić information content (AvgIpc) is 2.47. The van der Waals surface area contributed by atoms with Crippen LogP contribution in [0.4, 0.5) is 11.5 Å².